The van der Waals surface area contributed by atoms with Gasteiger partial charge in [-0.25, -0.2) is 4.98 Å². The summed E-state index contributed by atoms with van der Waals surface area (Å²) in [5, 5.41) is 12.5. The van der Waals surface area contributed by atoms with E-state index in [0.717, 1.165) is 17.7 Å². The summed E-state index contributed by atoms with van der Waals surface area (Å²) in [5.74, 6) is 0.509. The first-order valence-corrected chi connectivity index (χ1v) is 4.57. The van der Waals surface area contributed by atoms with Gasteiger partial charge in [-0.05, 0) is 23.8 Å². The quantitative estimate of drug-likeness (QED) is 0.585. The first kappa shape index (κ1) is 9.18. The lowest BCUT2D eigenvalue weighted by atomic mass is 10.0. The van der Waals surface area contributed by atoms with E-state index in [-0.39, 0.29) is 0 Å². The highest BCUT2D eigenvalue weighted by atomic mass is 16.3. The number of nitrogens with one attached hydrogen (secondary N) is 1. The molecule has 2 rings (SSSR count). The average Bonchev–Trinajstić information content (AvgIpc) is 2.18. The van der Waals surface area contributed by atoms with E-state index in [9.17, 15) is 5.11 Å². The minimum atomic E-state index is -0.432. The van der Waals surface area contributed by atoms with Gasteiger partial charge in [0.15, 0.2) is 0 Å². The maximum absolute atomic E-state index is 9.43. The van der Waals surface area contributed by atoms with Gasteiger partial charge >= 0.3 is 0 Å². The van der Waals surface area contributed by atoms with Crippen molar-refractivity contribution in [3.8, 4) is 0 Å². The van der Waals surface area contributed by atoms with Crippen molar-refractivity contribution in [2.45, 2.75) is 6.10 Å². The van der Waals surface area contributed by atoms with Crippen molar-refractivity contribution in [3.05, 3.63) is 30.0 Å². The number of aromatic nitrogens is 1. The summed E-state index contributed by atoms with van der Waals surface area (Å²) in [6.45, 7) is 1.33. The Hall–Kier alpha value is -1.39. The Morgan fingerprint density at radius 2 is 2.43 bits per heavy atom. The zero-order valence-electron chi connectivity index (χ0n) is 7.77. The fourth-order valence-electron chi connectivity index (χ4n) is 1.58. The highest BCUT2D eigenvalue weighted by molar-refractivity contribution is 5.74. The summed E-state index contributed by atoms with van der Waals surface area (Å²) in [7, 11) is 0. The third-order valence-electron chi connectivity index (χ3n) is 2.25. The van der Waals surface area contributed by atoms with Crippen molar-refractivity contribution in [2.24, 2.45) is 0 Å². The molecular weight excluding hydrogens is 178 g/mol. The van der Waals surface area contributed by atoms with Gasteiger partial charge in [0.2, 0.25) is 0 Å². The summed E-state index contributed by atoms with van der Waals surface area (Å²) >= 11 is 0. The summed E-state index contributed by atoms with van der Waals surface area (Å²) in [6.07, 6.45) is 3.05. The molecule has 1 aromatic rings. The normalized spacial score (nSPS) is 21.8. The number of hydrogen-bond acceptors (Lipinski definition) is 4. The van der Waals surface area contributed by atoms with Crippen LogP contribution in [0.4, 0.5) is 5.82 Å². The van der Waals surface area contributed by atoms with Crippen LogP contribution in [0.3, 0.4) is 0 Å². The fraction of sp³-hybridized carbons (Fsp3) is 0.300. The number of pyridine rings is 1. The number of aliphatic hydroxyl groups excluding tert-OH is 1. The van der Waals surface area contributed by atoms with Crippen LogP contribution in [-0.4, -0.2) is 29.3 Å². The van der Waals surface area contributed by atoms with Gasteiger partial charge < -0.3 is 16.2 Å². The molecule has 1 atom stereocenters. The highest BCUT2D eigenvalue weighted by Gasteiger charge is 2.13. The zero-order chi connectivity index (χ0) is 9.97. The molecule has 4 N–H and O–H groups in total. The topological polar surface area (TPSA) is 71.2 Å². The second-order valence-corrected chi connectivity index (χ2v) is 3.33. The van der Waals surface area contributed by atoms with E-state index in [2.05, 4.69) is 10.3 Å². The Bertz CT molecular complexity index is 362. The van der Waals surface area contributed by atoms with Crippen molar-refractivity contribution < 1.29 is 5.11 Å². The Morgan fingerprint density at radius 1 is 1.57 bits per heavy atom. The molecule has 0 fully saturated rings. The Balaban J connectivity index is 2.35. The molecular formula is C10H13N3O. The molecule has 14 heavy (non-hydrogen) atoms. The molecule has 1 aliphatic rings. The predicted octanol–water partition coefficient (Wildman–Crippen LogP) is 0.0113. The van der Waals surface area contributed by atoms with Gasteiger partial charge in [-0.2, -0.15) is 0 Å². The number of hydrogen-bond donors (Lipinski definition) is 3. The summed E-state index contributed by atoms with van der Waals surface area (Å²) < 4.78 is 0. The molecule has 0 radical (unpaired) electrons. The standard InChI is InChI=1S/C10H13N3O/c11-10-9(2-1-3-13-10)7-4-8(14)6-12-5-7/h1-4,8,12,14H,5-6H2,(H2,11,13). The number of nitrogens with two attached hydrogens (primary N) is 1. The number of nitrogens with zero attached hydrogens (tertiary/aromatic N) is 1. The monoisotopic (exact) mass is 191 g/mol. The lowest BCUT2D eigenvalue weighted by molar-refractivity contribution is 0.217. The van der Waals surface area contributed by atoms with Gasteiger partial charge in [0, 0.05) is 24.8 Å². The molecule has 0 bridgehead atoms. The number of aliphatic hydroxyl groups is 1. The highest BCUT2D eigenvalue weighted by Crippen LogP contribution is 2.20. The van der Waals surface area contributed by atoms with Crippen LogP contribution in [0.15, 0.2) is 24.4 Å². The second-order valence-electron chi connectivity index (χ2n) is 3.33. The molecule has 0 spiro atoms. The number of β-amino-alcohol motifs (C(OH)–C–C–N with tert-alkyl or cyclic N) is 1. The molecule has 74 valence electrons. The van der Waals surface area contributed by atoms with Gasteiger partial charge in [-0.3, -0.25) is 0 Å². The van der Waals surface area contributed by atoms with Crippen LogP contribution >= 0.6 is 0 Å². The Kier molecular flexibility index (Phi) is 2.47. The molecule has 0 aliphatic carbocycles. The van der Waals surface area contributed by atoms with Crippen LogP contribution in [0.2, 0.25) is 0 Å². The zero-order valence-corrected chi connectivity index (χ0v) is 7.77. The third-order valence-corrected chi connectivity index (χ3v) is 2.25. The largest absolute Gasteiger partial charge is 0.388 e. The molecule has 0 saturated heterocycles. The number of anilines is 1. The Labute approximate surface area is 82.5 Å². The molecule has 1 aromatic heterocycles. The second kappa shape index (κ2) is 3.77. The third kappa shape index (κ3) is 1.76. The Morgan fingerprint density at radius 3 is 3.14 bits per heavy atom. The van der Waals surface area contributed by atoms with Crippen LogP contribution in [0.25, 0.3) is 5.57 Å². The van der Waals surface area contributed by atoms with Crippen molar-refractivity contribution in [3.63, 3.8) is 0 Å². The van der Waals surface area contributed by atoms with Crippen molar-refractivity contribution in [1.82, 2.24) is 10.3 Å². The first-order chi connectivity index (χ1) is 6.77. The van der Waals surface area contributed by atoms with Crippen LogP contribution in [-0.2, 0) is 0 Å². The van der Waals surface area contributed by atoms with E-state index in [4.69, 9.17) is 5.73 Å². The molecule has 1 unspecified atom stereocenters. The van der Waals surface area contributed by atoms with E-state index in [1.54, 1.807) is 6.20 Å². The SMILES string of the molecule is Nc1ncccc1C1=CC(O)CNC1. The van der Waals surface area contributed by atoms with Crippen LogP contribution in [0, 0.1) is 0 Å². The van der Waals surface area contributed by atoms with Crippen LogP contribution in [0.1, 0.15) is 5.56 Å². The van der Waals surface area contributed by atoms with E-state index in [1.807, 2.05) is 18.2 Å². The van der Waals surface area contributed by atoms with Gasteiger partial charge in [-0.1, -0.05) is 0 Å². The van der Waals surface area contributed by atoms with Gasteiger partial charge in [0.1, 0.15) is 5.82 Å². The van der Waals surface area contributed by atoms with E-state index in [1.165, 1.54) is 0 Å². The average molecular weight is 191 g/mol. The van der Waals surface area contributed by atoms with E-state index in [0.29, 0.717) is 12.4 Å². The first-order valence-electron chi connectivity index (χ1n) is 4.57. The summed E-state index contributed by atoms with van der Waals surface area (Å²) in [6, 6.07) is 3.75. The molecule has 0 aromatic carbocycles. The van der Waals surface area contributed by atoms with E-state index >= 15 is 0 Å². The minimum Gasteiger partial charge on any atom is -0.388 e. The van der Waals surface area contributed by atoms with Crippen molar-refractivity contribution in [2.75, 3.05) is 18.8 Å². The maximum atomic E-state index is 9.43. The van der Waals surface area contributed by atoms with Gasteiger partial charge in [0.05, 0.1) is 6.10 Å². The molecule has 4 nitrogen and oxygen atoms in total. The maximum Gasteiger partial charge on any atom is 0.130 e. The van der Waals surface area contributed by atoms with Crippen LogP contribution < -0.4 is 11.1 Å². The van der Waals surface area contributed by atoms with Crippen molar-refractivity contribution >= 4 is 11.4 Å². The minimum absolute atomic E-state index is 0.432. The predicted molar refractivity (Wildman–Crippen MR) is 55.5 cm³/mol. The summed E-state index contributed by atoms with van der Waals surface area (Å²) in [5.41, 5.74) is 7.65. The van der Waals surface area contributed by atoms with Crippen LogP contribution in [0.5, 0.6) is 0 Å². The van der Waals surface area contributed by atoms with Gasteiger partial charge in [0.25, 0.3) is 0 Å². The van der Waals surface area contributed by atoms with Crippen molar-refractivity contribution in [1.29, 1.82) is 0 Å². The molecule has 0 amide bonds. The fourth-order valence-corrected chi connectivity index (χ4v) is 1.58. The van der Waals surface area contributed by atoms with E-state index < -0.39 is 6.10 Å². The lowest BCUT2D eigenvalue weighted by Crippen LogP contribution is -2.31. The molecule has 4 heteroatoms. The number of nitrogen functional groups attached to an aromatic ring is 1. The number of rotatable bonds is 1. The van der Waals surface area contributed by atoms with Gasteiger partial charge in [-0.15, -0.1) is 0 Å². The molecule has 2 heterocycles. The molecule has 0 saturated carbocycles. The lowest BCUT2D eigenvalue weighted by Gasteiger charge is -2.19. The smallest absolute Gasteiger partial charge is 0.130 e. The molecule has 1 aliphatic heterocycles. The summed E-state index contributed by atoms with van der Waals surface area (Å²) in [4.78, 5) is 4.01.